The highest BCUT2D eigenvalue weighted by atomic mass is 32.2. The first-order chi connectivity index (χ1) is 54.0. The van der Waals surface area contributed by atoms with Gasteiger partial charge in [0.2, 0.25) is 0 Å². The number of benzene rings is 12. The molecule has 1 aliphatic carbocycles. The fourth-order valence-electron chi connectivity index (χ4n) is 13.9. The quantitative estimate of drug-likeness (QED) is 0.0283. The van der Waals surface area contributed by atoms with Crippen LogP contribution in [0, 0.1) is 27.7 Å². The third-order valence-corrected chi connectivity index (χ3v) is 24.6. The second-order valence-corrected chi connectivity index (χ2v) is 34.5. The van der Waals surface area contributed by atoms with E-state index in [2.05, 4.69) is 97.1 Å². The zero-order valence-electron chi connectivity index (χ0n) is 62.9. The molecule has 0 radical (unpaired) electrons. The highest BCUT2D eigenvalue weighted by Crippen LogP contribution is 2.43. The minimum atomic E-state index is -4.27. The van der Waals surface area contributed by atoms with Gasteiger partial charge in [0.1, 0.15) is 75.9 Å². The summed E-state index contributed by atoms with van der Waals surface area (Å²) in [5, 5.41) is 0. The molecule has 0 N–H and O–H groups in total. The molecule has 0 aromatic heterocycles. The molecule has 0 atom stereocenters. The van der Waals surface area contributed by atoms with E-state index in [-0.39, 0.29) is 98.1 Å². The zero-order valence-corrected chi connectivity index (χ0v) is 66.1. The monoisotopic (exact) mass is 1580 g/mol. The average Bonchev–Trinajstić information content (AvgIpc) is 0.768. The number of rotatable bonds is 32. The largest absolute Gasteiger partial charge is 0.491 e. The highest BCUT2D eigenvalue weighted by Gasteiger charge is 2.28. The topological polar surface area (TPSA) is 210 Å². The van der Waals surface area contributed by atoms with Gasteiger partial charge in [-0.3, -0.25) is 16.7 Å². The van der Waals surface area contributed by atoms with E-state index < -0.39 is 40.5 Å². The molecule has 112 heavy (non-hydrogen) atoms. The van der Waals surface area contributed by atoms with Gasteiger partial charge in [-0.05, 0) is 191 Å². The van der Waals surface area contributed by atoms with Crippen molar-refractivity contribution >= 4 is 40.5 Å². The number of hydrogen-bond donors (Lipinski definition) is 0. The van der Waals surface area contributed by atoms with Gasteiger partial charge in [-0.1, -0.05) is 241 Å². The number of hydrogen-bond acceptors (Lipinski definition) is 16. The highest BCUT2D eigenvalue weighted by molar-refractivity contribution is 7.87. The van der Waals surface area contributed by atoms with Crippen LogP contribution in [0.1, 0.15) is 111 Å². The SMILES string of the molecule is Cc1ccc(S(=O)(=O)OCCOc2c3cc(Cc4ccccc4)cc2Cc2cc(Cc4ccccc4)cc(c2OCCOS(=O)(=O)c2ccc(C)cc2)Cc2cc(Cc4ccccc4)cc(c2OCCOS(=O)(=O)c2ccc(C)cc2)Cc2cc(Cc4ccccc4)cc(c2OCCOS(=O)(=O)c2ccc(C)cc2)C3)cc1. The van der Waals surface area contributed by atoms with E-state index >= 15 is 0 Å². The van der Waals surface area contributed by atoms with Crippen LogP contribution in [-0.2, 0) is 109 Å². The van der Waals surface area contributed by atoms with E-state index in [0.717, 1.165) is 66.8 Å². The van der Waals surface area contributed by atoms with Crippen molar-refractivity contribution in [3.63, 3.8) is 0 Å². The number of fused-ring (bicyclic) bond motifs is 8. The molecule has 0 heterocycles. The van der Waals surface area contributed by atoms with Gasteiger partial charge in [0.05, 0.1) is 19.6 Å². The van der Waals surface area contributed by atoms with E-state index in [0.29, 0.717) is 93.2 Å². The summed E-state index contributed by atoms with van der Waals surface area (Å²) in [6.07, 6.45) is 2.34. The summed E-state index contributed by atoms with van der Waals surface area (Å²) in [4.78, 5) is -0.0472. The van der Waals surface area contributed by atoms with Crippen LogP contribution in [0.3, 0.4) is 0 Å². The van der Waals surface area contributed by atoms with Crippen LogP contribution in [0.4, 0.5) is 0 Å². The first-order valence-electron chi connectivity index (χ1n) is 37.1. The first-order valence-corrected chi connectivity index (χ1v) is 42.8. The molecular weight excluding hydrogens is 1490 g/mol. The summed E-state index contributed by atoms with van der Waals surface area (Å²) in [6.45, 7) is 5.01. The van der Waals surface area contributed by atoms with Crippen LogP contribution in [0.25, 0.3) is 0 Å². The molecule has 16 nitrogen and oxygen atoms in total. The summed E-state index contributed by atoms with van der Waals surface area (Å²) in [5.41, 5.74) is 16.6. The van der Waals surface area contributed by atoms with Crippen molar-refractivity contribution in [2.75, 3.05) is 52.9 Å². The van der Waals surface area contributed by atoms with E-state index in [1.807, 2.05) is 100 Å². The molecular formula is C92H88O16S4. The molecule has 12 aromatic rings. The van der Waals surface area contributed by atoms with Crippen LogP contribution in [-0.4, -0.2) is 86.5 Å². The molecule has 0 unspecified atom stereocenters. The Hall–Kier alpha value is -10.5. The van der Waals surface area contributed by atoms with Crippen molar-refractivity contribution in [3.8, 4) is 23.0 Å². The second kappa shape index (κ2) is 36.3. The van der Waals surface area contributed by atoms with E-state index in [9.17, 15) is 33.7 Å². The molecule has 0 saturated heterocycles. The number of aryl methyl sites for hydroxylation is 4. The van der Waals surface area contributed by atoms with E-state index in [1.165, 1.54) is 48.5 Å². The lowest BCUT2D eigenvalue weighted by atomic mass is 9.86. The maximum atomic E-state index is 14.0. The van der Waals surface area contributed by atoms with Crippen molar-refractivity contribution < 1.29 is 69.4 Å². The van der Waals surface area contributed by atoms with Gasteiger partial charge in [0, 0.05) is 25.7 Å². The fraction of sp³-hybridized carbons (Fsp3) is 0.217. The van der Waals surface area contributed by atoms with Crippen molar-refractivity contribution in [1.29, 1.82) is 0 Å². The fourth-order valence-corrected chi connectivity index (χ4v) is 17.5. The van der Waals surface area contributed by atoms with Crippen LogP contribution in [0.2, 0.25) is 0 Å². The Kier molecular flexibility index (Phi) is 25.8. The van der Waals surface area contributed by atoms with Gasteiger partial charge in [0.15, 0.2) is 0 Å². The maximum Gasteiger partial charge on any atom is 0.297 e. The predicted octanol–water partition coefficient (Wildman–Crippen LogP) is 17.1. The van der Waals surface area contributed by atoms with Gasteiger partial charge in [-0.2, -0.15) is 33.7 Å². The standard InChI is InChI=1S/C92H88O16S4/c1-65-25-33-85(34-26-65)109(93,94)105-45-41-101-89-77-53-73(49-69-17-9-5-10-18-69)54-78(89)62-80-56-75(51-71-21-13-7-14-22-71)58-82(91(80)103-43-47-107-111(97,98)87-37-29-67(3)30-38-87)64-84-60-76(52-72-23-15-8-16-24-72)59-83(92(84)104-44-48-108-112(99,100)88-39-31-68(4)32-40-88)63-81-57-74(50-70-19-11-6-12-20-70)55-79(61-77)90(81)102-42-46-106-110(95,96)86-35-27-66(2)28-36-86/h5-40,53-60H,41-52,61-64H2,1-4H3. The Labute approximate surface area is 658 Å². The minimum Gasteiger partial charge on any atom is -0.491 e. The van der Waals surface area contributed by atoms with Gasteiger partial charge in [-0.15, -0.1) is 0 Å². The summed E-state index contributed by atoms with van der Waals surface area (Å²) < 4.78 is 163. The van der Waals surface area contributed by atoms with Crippen LogP contribution >= 0.6 is 0 Å². The van der Waals surface area contributed by atoms with Crippen molar-refractivity contribution in [2.24, 2.45) is 0 Å². The third-order valence-electron chi connectivity index (χ3n) is 19.2. The molecule has 1 aliphatic rings. The molecule has 0 spiro atoms. The summed E-state index contributed by atoms with van der Waals surface area (Å²) in [6, 6.07) is 82.7. The lowest BCUT2D eigenvalue weighted by molar-refractivity contribution is 0.216. The van der Waals surface area contributed by atoms with Crippen molar-refractivity contribution in [2.45, 2.75) is 98.6 Å². The Morgan fingerprint density at radius 3 is 0.554 bits per heavy atom. The Bertz CT molecular complexity index is 4910. The minimum absolute atomic E-state index is 0.0118. The smallest absolute Gasteiger partial charge is 0.297 e. The van der Waals surface area contributed by atoms with E-state index in [4.69, 9.17) is 35.7 Å². The van der Waals surface area contributed by atoms with Gasteiger partial charge < -0.3 is 18.9 Å². The molecule has 12 aromatic carbocycles. The first kappa shape index (κ1) is 79.6. The molecule has 0 saturated carbocycles. The molecule has 20 heteroatoms. The van der Waals surface area contributed by atoms with Crippen molar-refractivity contribution in [1.82, 2.24) is 0 Å². The van der Waals surface area contributed by atoms with Crippen LogP contribution < -0.4 is 18.9 Å². The van der Waals surface area contributed by atoms with E-state index in [1.54, 1.807) is 48.5 Å². The third kappa shape index (κ3) is 21.2. The van der Waals surface area contributed by atoms with Crippen molar-refractivity contribution in [3.05, 3.63) is 378 Å². The normalized spacial score (nSPS) is 12.5. The maximum absolute atomic E-state index is 14.0. The Morgan fingerprint density at radius 1 is 0.214 bits per heavy atom. The summed E-state index contributed by atoms with van der Waals surface area (Å²) in [7, 11) is -17.1. The number of ether oxygens (including phenoxy) is 4. The van der Waals surface area contributed by atoms with Gasteiger partial charge >= 0.3 is 0 Å². The Morgan fingerprint density at radius 2 is 0.384 bits per heavy atom. The van der Waals surface area contributed by atoms with Crippen LogP contribution in [0.5, 0.6) is 23.0 Å². The van der Waals surface area contributed by atoms with Crippen LogP contribution in [0.15, 0.2) is 287 Å². The molecule has 0 aliphatic heterocycles. The zero-order chi connectivity index (χ0) is 78.2. The van der Waals surface area contributed by atoms with Gasteiger partial charge in [0.25, 0.3) is 40.5 Å². The summed E-state index contributed by atoms with van der Waals surface area (Å²) >= 11 is 0. The lowest BCUT2D eigenvalue weighted by Gasteiger charge is -2.25. The lowest BCUT2D eigenvalue weighted by Crippen LogP contribution is -2.17. The molecule has 13 rings (SSSR count). The second-order valence-electron chi connectivity index (χ2n) is 28.1. The molecule has 576 valence electrons. The summed E-state index contributed by atoms with van der Waals surface area (Å²) in [5.74, 6) is 1.67. The van der Waals surface area contributed by atoms with Gasteiger partial charge in [-0.25, -0.2) is 0 Å². The predicted molar refractivity (Wildman–Crippen MR) is 433 cm³/mol. The molecule has 0 fully saturated rings. The Balaban J connectivity index is 1.04. The average molecular weight is 1580 g/mol. The molecule has 0 amide bonds. The molecule has 8 bridgehead atoms.